The smallest absolute Gasteiger partial charge is 0.196 e. The number of hydrogen-bond acceptors (Lipinski definition) is 10. The van der Waals surface area contributed by atoms with Gasteiger partial charge in [-0.3, -0.25) is 9.59 Å². The molecule has 0 bridgehead atoms. The number of nitrogens with two attached hydrogens (primary N) is 1. The Hall–Kier alpha value is -2.60. The van der Waals surface area contributed by atoms with Crippen LogP contribution in [0.25, 0.3) is 0 Å². The maximum absolute atomic E-state index is 13.2. The zero-order valence-corrected chi connectivity index (χ0v) is 17.6. The molecule has 10 heteroatoms. The van der Waals surface area contributed by atoms with E-state index in [1.54, 1.807) is 6.08 Å². The van der Waals surface area contributed by atoms with Gasteiger partial charge in [-0.05, 0) is 38.5 Å². The molecule has 0 amide bonds. The van der Waals surface area contributed by atoms with E-state index in [9.17, 15) is 35.1 Å². The molecule has 1 heterocycles. The van der Waals surface area contributed by atoms with Crippen molar-refractivity contribution >= 4 is 11.6 Å². The lowest BCUT2D eigenvalue weighted by Gasteiger charge is -2.41. The van der Waals surface area contributed by atoms with E-state index in [2.05, 4.69) is 0 Å². The Bertz CT molecular complexity index is 964. The van der Waals surface area contributed by atoms with Crippen molar-refractivity contribution in [3.63, 3.8) is 0 Å². The zero-order valence-electron chi connectivity index (χ0n) is 17.6. The molecule has 0 spiro atoms. The minimum absolute atomic E-state index is 0.0992. The number of phenols is 2. The van der Waals surface area contributed by atoms with Crippen LogP contribution in [0.3, 0.4) is 0 Å². The van der Waals surface area contributed by atoms with E-state index in [4.69, 9.17) is 15.2 Å². The van der Waals surface area contributed by atoms with Crippen LogP contribution in [0.1, 0.15) is 41.0 Å². The number of carbonyl (C=O) groups excluding carboxylic acids is 2. The Labute approximate surface area is 184 Å². The fourth-order valence-electron chi connectivity index (χ4n) is 3.71. The molecule has 174 valence electrons. The van der Waals surface area contributed by atoms with Crippen molar-refractivity contribution < 1.29 is 44.6 Å². The zero-order chi connectivity index (χ0) is 23.7. The van der Waals surface area contributed by atoms with Crippen LogP contribution in [-0.2, 0) is 9.47 Å². The number of hydrogen-bond donors (Lipinski definition) is 6. The van der Waals surface area contributed by atoms with Gasteiger partial charge in [0.15, 0.2) is 17.9 Å². The lowest BCUT2D eigenvalue weighted by atomic mass is 9.85. The Morgan fingerprint density at radius 2 is 1.78 bits per heavy atom. The van der Waals surface area contributed by atoms with E-state index in [1.165, 1.54) is 0 Å². The molecule has 10 nitrogen and oxygen atoms in total. The molecule has 1 saturated heterocycles. The largest absolute Gasteiger partial charge is 0.507 e. The number of aromatic hydroxyl groups is 2. The third kappa shape index (κ3) is 4.46. The van der Waals surface area contributed by atoms with Crippen LogP contribution < -0.4 is 5.73 Å². The average molecular weight is 449 g/mol. The van der Waals surface area contributed by atoms with E-state index in [0.29, 0.717) is 0 Å². The van der Waals surface area contributed by atoms with Gasteiger partial charge in [0.2, 0.25) is 0 Å². The number of ketones is 2. The third-order valence-electron chi connectivity index (χ3n) is 5.50. The third-order valence-corrected chi connectivity index (χ3v) is 5.50. The SMILES string of the molecule is CC(C)=CCC(OC1OC(CO)C(O)C(O)C1N)C1=CC(=O)c2c(O)ccc(O)c2C1=O. The minimum Gasteiger partial charge on any atom is -0.507 e. The summed E-state index contributed by atoms with van der Waals surface area (Å²) in [6, 6.07) is 1.02. The molecule has 1 aliphatic heterocycles. The summed E-state index contributed by atoms with van der Waals surface area (Å²) in [6.45, 7) is 3.04. The van der Waals surface area contributed by atoms with Gasteiger partial charge in [0.1, 0.15) is 29.8 Å². The first-order chi connectivity index (χ1) is 15.1. The average Bonchev–Trinajstić information content (AvgIpc) is 2.75. The fourth-order valence-corrected chi connectivity index (χ4v) is 3.71. The summed E-state index contributed by atoms with van der Waals surface area (Å²) in [6.07, 6.45) is -3.56. The van der Waals surface area contributed by atoms with E-state index in [-0.39, 0.29) is 23.1 Å². The molecular formula is C22H27NO9. The molecule has 6 unspecified atom stereocenters. The highest BCUT2D eigenvalue weighted by molar-refractivity contribution is 6.27. The van der Waals surface area contributed by atoms with Crippen LogP contribution in [0, 0.1) is 0 Å². The first-order valence-electron chi connectivity index (χ1n) is 10.1. The highest BCUT2D eigenvalue weighted by Gasteiger charge is 2.45. The molecule has 0 aromatic heterocycles. The van der Waals surface area contributed by atoms with E-state index < -0.39 is 66.4 Å². The highest BCUT2D eigenvalue weighted by Crippen LogP contribution is 2.37. The lowest BCUT2D eigenvalue weighted by molar-refractivity contribution is -0.273. The van der Waals surface area contributed by atoms with Gasteiger partial charge in [0.05, 0.1) is 29.9 Å². The minimum atomic E-state index is -1.46. The van der Waals surface area contributed by atoms with Gasteiger partial charge >= 0.3 is 0 Å². The number of phenolic OH excluding ortho intramolecular Hbond substituents is 2. The van der Waals surface area contributed by atoms with Crippen LogP contribution in [0.2, 0.25) is 0 Å². The maximum atomic E-state index is 13.2. The van der Waals surface area contributed by atoms with Crippen LogP contribution >= 0.6 is 0 Å². The van der Waals surface area contributed by atoms with Gasteiger partial charge in [-0.2, -0.15) is 0 Å². The van der Waals surface area contributed by atoms with Gasteiger partial charge in [-0.15, -0.1) is 0 Å². The second kappa shape index (κ2) is 9.49. The Morgan fingerprint density at radius 1 is 1.16 bits per heavy atom. The van der Waals surface area contributed by atoms with E-state index >= 15 is 0 Å². The van der Waals surface area contributed by atoms with Crippen LogP contribution in [0.15, 0.2) is 35.4 Å². The number of aliphatic hydroxyl groups excluding tert-OH is 3. The predicted octanol–water partition coefficient (Wildman–Crippen LogP) is -0.0890. The topological polar surface area (TPSA) is 180 Å². The van der Waals surface area contributed by atoms with Crippen molar-refractivity contribution in [3.05, 3.63) is 46.6 Å². The number of ether oxygens (including phenoxy) is 2. The van der Waals surface area contributed by atoms with Crippen molar-refractivity contribution in [3.8, 4) is 11.5 Å². The van der Waals surface area contributed by atoms with Gasteiger partial charge in [0.25, 0.3) is 0 Å². The number of benzene rings is 1. The van der Waals surface area contributed by atoms with Gasteiger partial charge in [0, 0.05) is 5.57 Å². The Balaban J connectivity index is 1.98. The predicted molar refractivity (Wildman–Crippen MR) is 111 cm³/mol. The number of rotatable bonds is 6. The second-order valence-corrected chi connectivity index (χ2v) is 8.07. The van der Waals surface area contributed by atoms with E-state index in [0.717, 1.165) is 23.8 Å². The molecule has 7 N–H and O–H groups in total. The monoisotopic (exact) mass is 449 g/mol. The second-order valence-electron chi connectivity index (χ2n) is 8.07. The summed E-state index contributed by atoms with van der Waals surface area (Å²) in [4.78, 5) is 25.9. The highest BCUT2D eigenvalue weighted by atomic mass is 16.7. The Kier molecular flexibility index (Phi) is 7.13. The standard InChI is InChI=1S/C22H27NO9/c1-9(2)3-6-14(31-22-18(23)21(30)20(29)15(8-24)32-22)10-7-13(27)16-11(25)4-5-12(26)17(16)19(10)28/h3-5,7,14-15,18,20-22,24-26,29-30H,6,8,23H2,1-2H3. The molecular weight excluding hydrogens is 422 g/mol. The quantitative estimate of drug-likeness (QED) is 0.254. The van der Waals surface area contributed by atoms with Crippen molar-refractivity contribution in [2.45, 2.75) is 57.0 Å². The number of carbonyl (C=O) groups is 2. The molecule has 3 rings (SSSR count). The normalized spacial score (nSPS) is 28.7. The number of fused-ring (bicyclic) bond motifs is 1. The molecule has 1 aromatic carbocycles. The molecule has 2 aliphatic rings. The summed E-state index contributed by atoms with van der Waals surface area (Å²) in [5, 5.41) is 49.8. The van der Waals surface area contributed by atoms with Crippen LogP contribution in [-0.4, -0.2) is 80.5 Å². The molecule has 1 fully saturated rings. The maximum Gasteiger partial charge on any atom is 0.196 e. The fraction of sp³-hybridized carbons (Fsp3) is 0.455. The molecule has 1 aliphatic carbocycles. The molecule has 1 aromatic rings. The summed E-state index contributed by atoms with van der Waals surface area (Å²) in [7, 11) is 0. The number of aliphatic hydroxyl groups is 3. The van der Waals surface area contributed by atoms with E-state index in [1.807, 2.05) is 13.8 Å². The molecule has 6 atom stereocenters. The number of allylic oxidation sites excluding steroid dienone is 2. The molecule has 0 radical (unpaired) electrons. The van der Waals surface area contributed by atoms with Crippen molar-refractivity contribution in [1.29, 1.82) is 0 Å². The van der Waals surface area contributed by atoms with Crippen LogP contribution in [0.5, 0.6) is 11.5 Å². The molecule has 32 heavy (non-hydrogen) atoms. The number of Topliss-reactive ketones (excluding diaryl/α,β-unsaturated/α-hetero) is 1. The summed E-state index contributed by atoms with van der Waals surface area (Å²) in [5.41, 5.74) is 6.10. The van der Waals surface area contributed by atoms with Crippen molar-refractivity contribution in [1.82, 2.24) is 0 Å². The summed E-state index contributed by atoms with van der Waals surface area (Å²) in [5.74, 6) is -2.31. The van der Waals surface area contributed by atoms with Gasteiger partial charge in [-0.1, -0.05) is 11.6 Å². The van der Waals surface area contributed by atoms with Crippen LogP contribution in [0.4, 0.5) is 0 Å². The summed E-state index contributed by atoms with van der Waals surface area (Å²) >= 11 is 0. The van der Waals surface area contributed by atoms with Gasteiger partial charge in [-0.25, -0.2) is 0 Å². The first kappa shape index (κ1) is 24.1. The molecule has 0 saturated carbocycles. The summed E-state index contributed by atoms with van der Waals surface area (Å²) < 4.78 is 11.4. The lowest BCUT2D eigenvalue weighted by Crippen LogP contribution is -2.63. The first-order valence-corrected chi connectivity index (χ1v) is 10.1. The van der Waals surface area contributed by atoms with Crippen molar-refractivity contribution in [2.24, 2.45) is 5.73 Å². The van der Waals surface area contributed by atoms with Gasteiger partial charge < -0.3 is 40.7 Å². The van der Waals surface area contributed by atoms with Crippen molar-refractivity contribution in [2.75, 3.05) is 6.61 Å². The Morgan fingerprint density at radius 3 is 2.38 bits per heavy atom.